The van der Waals surface area contributed by atoms with Gasteiger partial charge >= 0.3 is 0 Å². The molecule has 0 saturated carbocycles. The molecule has 2 aromatic heterocycles. The first kappa shape index (κ1) is 14.3. The molecule has 2 heterocycles. The Labute approximate surface area is 121 Å². The van der Waals surface area contributed by atoms with Crippen molar-refractivity contribution in [2.75, 3.05) is 24.1 Å². The summed E-state index contributed by atoms with van der Waals surface area (Å²) in [6.07, 6.45) is 3.71. The van der Waals surface area contributed by atoms with Gasteiger partial charge in [0.2, 0.25) is 0 Å². The predicted octanol–water partition coefficient (Wildman–Crippen LogP) is 1.09. The van der Waals surface area contributed by atoms with E-state index in [0.29, 0.717) is 23.1 Å². The fraction of sp³-hybridized carbons (Fsp3) is 0.417. The molecule has 4 N–H and O–H groups in total. The summed E-state index contributed by atoms with van der Waals surface area (Å²) in [6, 6.07) is 0. The molecule has 0 unspecified atom stereocenters. The zero-order valence-electron chi connectivity index (χ0n) is 11.5. The second kappa shape index (κ2) is 6.38. The summed E-state index contributed by atoms with van der Waals surface area (Å²) >= 11 is 1.26. The zero-order valence-corrected chi connectivity index (χ0v) is 12.3. The molecule has 108 valence electrons. The molecule has 0 saturated heterocycles. The number of rotatable bonds is 6. The van der Waals surface area contributed by atoms with E-state index in [4.69, 9.17) is 5.73 Å². The number of nitrogens with zero attached hydrogens (tertiary/aromatic N) is 3. The molecule has 0 atom stereocenters. The van der Waals surface area contributed by atoms with Crippen molar-refractivity contribution in [1.82, 2.24) is 20.1 Å². The summed E-state index contributed by atoms with van der Waals surface area (Å²) < 4.78 is 1.79. The van der Waals surface area contributed by atoms with Crippen LogP contribution >= 0.6 is 11.3 Å². The highest BCUT2D eigenvalue weighted by atomic mass is 32.1. The highest BCUT2D eigenvalue weighted by molar-refractivity contribution is 7.18. The summed E-state index contributed by atoms with van der Waals surface area (Å²) in [5.74, 6) is 0.0615. The van der Waals surface area contributed by atoms with Gasteiger partial charge in [0.15, 0.2) is 5.13 Å². The molecule has 2 aromatic rings. The number of hydrogen-bond donors (Lipinski definition) is 3. The third kappa shape index (κ3) is 3.47. The molecule has 20 heavy (non-hydrogen) atoms. The van der Waals surface area contributed by atoms with E-state index in [-0.39, 0.29) is 11.7 Å². The molecule has 0 aliphatic heterocycles. The normalized spacial score (nSPS) is 10.5. The fourth-order valence-corrected chi connectivity index (χ4v) is 2.54. The number of amides is 1. The van der Waals surface area contributed by atoms with Crippen molar-refractivity contribution in [3.8, 4) is 0 Å². The quantitative estimate of drug-likeness (QED) is 0.741. The van der Waals surface area contributed by atoms with Gasteiger partial charge in [-0.2, -0.15) is 5.10 Å². The van der Waals surface area contributed by atoms with E-state index in [1.807, 2.05) is 20.0 Å². The fourth-order valence-electron chi connectivity index (χ4n) is 1.67. The number of carbonyl (C=O) groups excluding carboxylic acids is 1. The van der Waals surface area contributed by atoms with Crippen LogP contribution in [-0.2, 0) is 6.54 Å². The second-order valence-electron chi connectivity index (χ2n) is 4.30. The Morgan fingerprint density at radius 3 is 3.00 bits per heavy atom. The second-order valence-corrected chi connectivity index (χ2v) is 5.30. The van der Waals surface area contributed by atoms with Crippen LogP contribution in [-0.4, -0.2) is 33.8 Å². The number of carbonyl (C=O) groups is 1. The molecule has 0 radical (unpaired) electrons. The Bertz CT molecular complexity index is 591. The number of nitrogens with one attached hydrogen (secondary N) is 2. The SMILES string of the molecule is CCNc1nc(N)c(C(=O)NCCn2cc(C)cn2)s1. The van der Waals surface area contributed by atoms with Crippen LogP contribution in [0, 0.1) is 6.92 Å². The highest BCUT2D eigenvalue weighted by Crippen LogP contribution is 2.24. The maximum atomic E-state index is 12.0. The molecule has 0 spiro atoms. The minimum absolute atomic E-state index is 0.201. The van der Waals surface area contributed by atoms with Crippen LogP contribution < -0.4 is 16.4 Å². The lowest BCUT2D eigenvalue weighted by Gasteiger charge is -2.04. The molecular formula is C12H18N6OS. The van der Waals surface area contributed by atoms with E-state index in [0.717, 1.165) is 12.1 Å². The summed E-state index contributed by atoms with van der Waals surface area (Å²) in [5, 5.41) is 10.7. The van der Waals surface area contributed by atoms with E-state index in [1.165, 1.54) is 11.3 Å². The van der Waals surface area contributed by atoms with Crippen LogP contribution in [0.5, 0.6) is 0 Å². The summed E-state index contributed by atoms with van der Waals surface area (Å²) in [5.41, 5.74) is 6.84. The molecular weight excluding hydrogens is 276 g/mol. The summed E-state index contributed by atoms with van der Waals surface area (Å²) in [7, 11) is 0. The van der Waals surface area contributed by atoms with Crippen molar-refractivity contribution < 1.29 is 4.79 Å². The predicted molar refractivity (Wildman–Crippen MR) is 80.0 cm³/mol. The summed E-state index contributed by atoms with van der Waals surface area (Å²) in [6.45, 7) is 5.80. The number of anilines is 2. The van der Waals surface area contributed by atoms with Crippen LogP contribution in [0.1, 0.15) is 22.2 Å². The van der Waals surface area contributed by atoms with E-state index in [2.05, 4.69) is 20.7 Å². The molecule has 0 fully saturated rings. The first-order chi connectivity index (χ1) is 9.60. The van der Waals surface area contributed by atoms with Crippen LogP contribution in [0.25, 0.3) is 0 Å². The van der Waals surface area contributed by atoms with Gasteiger partial charge in [-0.15, -0.1) is 0 Å². The van der Waals surface area contributed by atoms with Crippen molar-refractivity contribution in [3.63, 3.8) is 0 Å². The van der Waals surface area contributed by atoms with Crippen molar-refractivity contribution >= 4 is 28.2 Å². The maximum Gasteiger partial charge on any atom is 0.265 e. The van der Waals surface area contributed by atoms with Gasteiger partial charge in [-0.1, -0.05) is 11.3 Å². The molecule has 1 amide bonds. The monoisotopic (exact) mass is 294 g/mol. The van der Waals surface area contributed by atoms with Crippen molar-refractivity contribution in [2.45, 2.75) is 20.4 Å². The third-order valence-corrected chi connectivity index (χ3v) is 3.60. The topological polar surface area (TPSA) is 97.9 Å². The Morgan fingerprint density at radius 2 is 2.35 bits per heavy atom. The first-order valence-corrected chi connectivity index (χ1v) is 7.19. The molecule has 0 aliphatic carbocycles. The van der Waals surface area contributed by atoms with Crippen LogP contribution in [0.4, 0.5) is 10.9 Å². The number of aromatic nitrogens is 3. The van der Waals surface area contributed by atoms with Gasteiger partial charge in [0, 0.05) is 19.3 Å². The van der Waals surface area contributed by atoms with Gasteiger partial charge in [0.25, 0.3) is 5.91 Å². The average molecular weight is 294 g/mol. The first-order valence-electron chi connectivity index (χ1n) is 6.37. The minimum Gasteiger partial charge on any atom is -0.382 e. The van der Waals surface area contributed by atoms with Gasteiger partial charge in [0.05, 0.1) is 12.7 Å². The van der Waals surface area contributed by atoms with E-state index < -0.39 is 0 Å². The lowest BCUT2D eigenvalue weighted by molar-refractivity contribution is 0.0956. The lowest BCUT2D eigenvalue weighted by Crippen LogP contribution is -2.27. The summed E-state index contributed by atoms with van der Waals surface area (Å²) in [4.78, 5) is 16.5. The van der Waals surface area contributed by atoms with Gasteiger partial charge in [-0.25, -0.2) is 4.98 Å². The van der Waals surface area contributed by atoms with Gasteiger partial charge in [0.1, 0.15) is 10.7 Å². The van der Waals surface area contributed by atoms with Crippen molar-refractivity contribution in [3.05, 3.63) is 22.8 Å². The molecule has 0 bridgehead atoms. The molecule has 7 nitrogen and oxygen atoms in total. The average Bonchev–Trinajstić information content (AvgIpc) is 2.96. The van der Waals surface area contributed by atoms with E-state index >= 15 is 0 Å². The van der Waals surface area contributed by atoms with Crippen LogP contribution in [0.3, 0.4) is 0 Å². The third-order valence-electron chi connectivity index (χ3n) is 2.58. The van der Waals surface area contributed by atoms with Gasteiger partial charge in [-0.05, 0) is 19.4 Å². The van der Waals surface area contributed by atoms with Gasteiger partial charge < -0.3 is 16.4 Å². The van der Waals surface area contributed by atoms with Gasteiger partial charge in [-0.3, -0.25) is 9.48 Å². The number of aryl methyl sites for hydroxylation is 1. The Balaban J connectivity index is 1.88. The number of thiazole rings is 1. The number of nitrogens with two attached hydrogens (primary N) is 1. The van der Waals surface area contributed by atoms with E-state index in [1.54, 1.807) is 10.9 Å². The van der Waals surface area contributed by atoms with Crippen LogP contribution in [0.15, 0.2) is 12.4 Å². The number of nitrogen functional groups attached to an aromatic ring is 1. The molecule has 0 aromatic carbocycles. The Morgan fingerprint density at radius 1 is 1.55 bits per heavy atom. The lowest BCUT2D eigenvalue weighted by atomic mass is 10.4. The van der Waals surface area contributed by atoms with Crippen molar-refractivity contribution in [2.24, 2.45) is 0 Å². The molecule has 2 rings (SSSR count). The Kier molecular flexibility index (Phi) is 4.57. The van der Waals surface area contributed by atoms with Crippen LogP contribution in [0.2, 0.25) is 0 Å². The smallest absolute Gasteiger partial charge is 0.265 e. The van der Waals surface area contributed by atoms with E-state index in [9.17, 15) is 4.79 Å². The minimum atomic E-state index is -0.201. The number of hydrogen-bond acceptors (Lipinski definition) is 6. The molecule has 8 heteroatoms. The standard InChI is InChI=1S/C12H18N6OS/c1-3-14-12-17-10(13)9(20-12)11(19)15-4-5-18-7-8(2)6-16-18/h6-7H,3-5,13H2,1-2H3,(H,14,17)(H,15,19). The Hall–Kier alpha value is -2.09. The highest BCUT2D eigenvalue weighted by Gasteiger charge is 2.15. The zero-order chi connectivity index (χ0) is 14.5. The maximum absolute atomic E-state index is 12.0. The largest absolute Gasteiger partial charge is 0.382 e. The molecule has 0 aliphatic rings. The van der Waals surface area contributed by atoms with Crippen molar-refractivity contribution in [1.29, 1.82) is 0 Å².